The first-order valence-corrected chi connectivity index (χ1v) is 15.4. The lowest BCUT2D eigenvalue weighted by molar-refractivity contribution is -0.508. The highest BCUT2D eigenvalue weighted by Gasteiger charge is 2.53. The lowest BCUT2D eigenvalue weighted by Crippen LogP contribution is -2.71. The zero-order valence-corrected chi connectivity index (χ0v) is 23.6. The molecule has 5 rings (SSSR count). The van der Waals surface area contributed by atoms with E-state index in [0.717, 1.165) is 16.4 Å². The summed E-state index contributed by atoms with van der Waals surface area (Å²) in [5.74, 6) is -3.48. The second kappa shape index (κ2) is 11.3. The van der Waals surface area contributed by atoms with Gasteiger partial charge in [-0.2, -0.15) is 26.9 Å². The molecule has 0 aromatic carbocycles. The molecule has 1 fully saturated rings. The highest BCUT2D eigenvalue weighted by atomic mass is 32.2. The Morgan fingerprint density at radius 3 is 2.85 bits per heavy atom. The number of hydrogen-bond donors (Lipinski definition) is 4. The third-order valence-electron chi connectivity index (χ3n) is 5.88. The predicted octanol–water partition coefficient (Wildman–Crippen LogP) is -2.63. The highest BCUT2D eigenvalue weighted by Crippen LogP contribution is 2.40. The van der Waals surface area contributed by atoms with Crippen LogP contribution < -0.4 is 25.3 Å². The summed E-state index contributed by atoms with van der Waals surface area (Å²) >= 11 is 3.22. The number of thioether (sulfide) groups is 1. The number of rotatable bonds is 11. The number of imidazole rings is 1. The van der Waals surface area contributed by atoms with Gasteiger partial charge in [0.2, 0.25) is 22.7 Å². The van der Waals surface area contributed by atoms with E-state index in [4.69, 9.17) is 10.3 Å². The Morgan fingerprint density at radius 2 is 2.20 bits per heavy atom. The number of aliphatic carboxylic acids is 1. The number of carboxylic acids is 1. The van der Waals surface area contributed by atoms with Crippen LogP contribution in [0.5, 0.6) is 0 Å². The van der Waals surface area contributed by atoms with Crippen molar-refractivity contribution in [3.05, 3.63) is 40.7 Å². The molecule has 3 aromatic rings. The third kappa shape index (κ3) is 5.73. The molecular weight excluding hydrogens is 630 g/mol. The molecule has 2 atom stereocenters. The minimum absolute atomic E-state index is 0.00334. The number of nitrogen functional groups attached to an aromatic ring is 1. The molecule has 218 valence electrons. The van der Waals surface area contributed by atoms with Crippen molar-refractivity contribution >= 4 is 78.4 Å². The number of thiazole rings is 1. The summed E-state index contributed by atoms with van der Waals surface area (Å²) in [6.07, 6.45) is 3.33. The van der Waals surface area contributed by atoms with E-state index in [1.807, 2.05) is 4.72 Å². The van der Waals surface area contributed by atoms with Crippen LogP contribution in [0.15, 0.2) is 34.3 Å². The van der Waals surface area contributed by atoms with Gasteiger partial charge in [-0.3, -0.25) is 19.0 Å². The molecule has 41 heavy (non-hydrogen) atoms. The van der Waals surface area contributed by atoms with Crippen molar-refractivity contribution in [3.63, 3.8) is 0 Å². The smallest absolute Gasteiger partial charge is 0.333 e. The topological polar surface area (TPSA) is 238 Å². The van der Waals surface area contributed by atoms with Gasteiger partial charge in [0.05, 0.1) is 18.2 Å². The maximum absolute atomic E-state index is 13.1. The molecule has 3 aromatic heterocycles. The summed E-state index contributed by atoms with van der Waals surface area (Å²) in [7, 11) is -4.51. The number of β-lactam (4-membered cyclic amide) rings is 1. The van der Waals surface area contributed by atoms with Crippen molar-refractivity contribution in [1.29, 1.82) is 0 Å². The predicted molar refractivity (Wildman–Crippen MR) is 139 cm³/mol. The zero-order chi connectivity index (χ0) is 29.5. The number of nitrogens with two attached hydrogens (primary N) is 1. The SMILES string of the molecule is Nc1nc(/C(=N/OCF)C(=O)N[C@@H]2C(=O)N3C(C(=O)[O-])=C(Cn4c[n+]5ccsc5c4CNS(=O)(=O)O)CS[C@H]23)ns1. The molecule has 0 spiro atoms. The average Bonchev–Trinajstić information content (AvgIpc) is 3.62. The van der Waals surface area contributed by atoms with Crippen LogP contribution in [-0.2, 0) is 42.6 Å². The van der Waals surface area contributed by atoms with Gasteiger partial charge < -0.3 is 25.8 Å². The Hall–Kier alpha value is -3.70. The molecule has 2 aliphatic rings. The van der Waals surface area contributed by atoms with Crippen LogP contribution in [0.2, 0.25) is 0 Å². The summed E-state index contributed by atoms with van der Waals surface area (Å²) in [4.78, 5) is 47.9. The lowest BCUT2D eigenvalue weighted by atomic mass is 10.0. The number of carbonyl (C=O) groups is 3. The van der Waals surface area contributed by atoms with Crippen LogP contribution in [0.1, 0.15) is 11.5 Å². The van der Waals surface area contributed by atoms with E-state index < -0.39 is 52.1 Å². The molecule has 5 N–H and O–H groups in total. The maximum atomic E-state index is 13.1. The number of oxime groups is 1. The molecule has 2 amide bonds. The highest BCUT2D eigenvalue weighted by molar-refractivity contribution is 8.00. The maximum Gasteiger partial charge on any atom is 0.333 e. The Labute approximate surface area is 241 Å². The third-order valence-corrected chi connectivity index (χ3v) is 9.20. The van der Waals surface area contributed by atoms with Gasteiger partial charge in [0.25, 0.3) is 18.7 Å². The molecule has 1 saturated heterocycles. The number of alkyl halides is 1. The van der Waals surface area contributed by atoms with Crippen LogP contribution in [0.4, 0.5) is 9.52 Å². The van der Waals surface area contributed by atoms with Crippen LogP contribution >= 0.6 is 34.6 Å². The van der Waals surface area contributed by atoms with Gasteiger partial charge in [-0.15, -0.1) is 11.8 Å². The Morgan fingerprint density at radius 1 is 1.41 bits per heavy atom. The van der Waals surface area contributed by atoms with Crippen molar-refractivity contribution in [2.75, 3.05) is 18.3 Å². The molecule has 0 unspecified atom stereocenters. The Bertz CT molecular complexity index is 1720. The monoisotopic (exact) mass is 647 g/mol. The molecule has 17 nitrogen and oxygen atoms in total. The minimum Gasteiger partial charge on any atom is -0.543 e. The van der Waals surface area contributed by atoms with Gasteiger partial charge >= 0.3 is 10.3 Å². The fraction of sp³-hybridized carbons (Fsp3) is 0.316. The van der Waals surface area contributed by atoms with E-state index in [-0.39, 0.29) is 35.5 Å². The minimum atomic E-state index is -4.51. The molecule has 0 bridgehead atoms. The van der Waals surface area contributed by atoms with Gasteiger partial charge in [-0.1, -0.05) is 16.5 Å². The number of anilines is 1. The van der Waals surface area contributed by atoms with Crippen molar-refractivity contribution in [3.8, 4) is 0 Å². The van der Waals surface area contributed by atoms with Gasteiger partial charge in [-0.25, -0.2) is 8.96 Å². The molecule has 22 heteroatoms. The van der Waals surface area contributed by atoms with E-state index in [0.29, 0.717) is 16.1 Å². The van der Waals surface area contributed by atoms with E-state index in [9.17, 15) is 32.3 Å². The second-order valence-electron chi connectivity index (χ2n) is 8.34. The first-order chi connectivity index (χ1) is 19.5. The number of carbonyl (C=O) groups excluding carboxylic acids is 3. The summed E-state index contributed by atoms with van der Waals surface area (Å²) < 4.78 is 53.3. The fourth-order valence-corrected chi connectivity index (χ4v) is 7.19. The van der Waals surface area contributed by atoms with Crippen LogP contribution in [0.25, 0.3) is 4.83 Å². The normalized spacial score (nSPS) is 19.3. The van der Waals surface area contributed by atoms with Crippen molar-refractivity contribution in [2.24, 2.45) is 5.16 Å². The number of hydrogen-bond acceptors (Lipinski definition) is 14. The Kier molecular flexibility index (Phi) is 7.93. The van der Waals surface area contributed by atoms with Crippen molar-refractivity contribution in [1.82, 2.24) is 28.9 Å². The first kappa shape index (κ1) is 28.8. The number of halogens is 1. The summed E-state index contributed by atoms with van der Waals surface area (Å²) in [6, 6.07) is -1.17. The Balaban J connectivity index is 1.38. The zero-order valence-electron chi connectivity index (χ0n) is 20.3. The van der Waals surface area contributed by atoms with E-state index in [1.165, 1.54) is 23.1 Å². The summed E-state index contributed by atoms with van der Waals surface area (Å²) in [5.41, 5.74) is 5.35. The van der Waals surface area contributed by atoms with Crippen molar-refractivity contribution in [2.45, 2.75) is 24.5 Å². The first-order valence-electron chi connectivity index (χ1n) is 11.2. The lowest BCUT2D eigenvalue weighted by Gasteiger charge is -2.50. The summed E-state index contributed by atoms with van der Waals surface area (Å²) in [6.45, 7) is -1.68. The van der Waals surface area contributed by atoms with Gasteiger partial charge in [0.1, 0.15) is 24.2 Å². The van der Waals surface area contributed by atoms with Gasteiger partial charge in [-0.05, 0) is 0 Å². The van der Waals surface area contributed by atoms with Gasteiger partial charge in [0, 0.05) is 28.2 Å². The molecule has 2 aliphatic heterocycles. The van der Waals surface area contributed by atoms with Crippen molar-refractivity contribution < 1.29 is 46.1 Å². The number of nitrogens with one attached hydrogen (secondary N) is 2. The average molecular weight is 648 g/mol. The number of aromatic nitrogens is 4. The number of carboxylic acid groups (broad SMARTS) is 1. The fourth-order valence-electron chi connectivity index (χ4n) is 4.23. The number of nitrogens with zero attached hydrogens (tertiary/aromatic N) is 6. The quantitative estimate of drug-likeness (QED) is 0.0550. The number of amides is 2. The van der Waals surface area contributed by atoms with E-state index >= 15 is 0 Å². The largest absolute Gasteiger partial charge is 0.543 e. The standard InChI is InChI=1S/C19H18FN9O8S4/c20-6-37-25-10(13-24-19(21)40-26-13)14(30)23-11-15(31)29-12(18(32)33)8(5-39-17(11)29)4-28-7-27-1-2-38-16(27)9(28)3-22-41(34,35)36/h1-2,7,11,17,22H,3-6H2,(H4-,21,23,24,26,30,32,33,34,35,36)/b25-10-/t11-,17-/m1/s1. The summed E-state index contributed by atoms with van der Waals surface area (Å²) in [5, 5.41) is 18.9. The van der Waals surface area contributed by atoms with E-state index in [2.05, 4.69) is 24.7 Å². The van der Waals surface area contributed by atoms with Crippen LogP contribution in [-0.4, -0.2) is 79.3 Å². The molecule has 0 aliphatic carbocycles. The molecular formula is C19H18FN9O8S4. The van der Waals surface area contributed by atoms with E-state index in [1.54, 1.807) is 26.9 Å². The van der Waals surface area contributed by atoms with Gasteiger partial charge in [0.15, 0.2) is 10.8 Å². The molecule has 0 radical (unpaired) electrons. The second-order valence-corrected chi connectivity index (χ2v) is 12.4. The number of fused-ring (bicyclic) bond motifs is 2. The molecule has 5 heterocycles. The van der Waals surface area contributed by atoms with Crippen LogP contribution in [0, 0.1) is 0 Å². The van der Waals surface area contributed by atoms with Crippen LogP contribution in [0.3, 0.4) is 0 Å². The molecule has 0 saturated carbocycles.